The van der Waals surface area contributed by atoms with E-state index in [4.69, 9.17) is 0 Å². The van der Waals surface area contributed by atoms with E-state index in [9.17, 15) is 0 Å². The minimum atomic E-state index is 0.247. The van der Waals surface area contributed by atoms with Gasteiger partial charge in [-0.25, -0.2) is 0 Å². The van der Waals surface area contributed by atoms with Gasteiger partial charge in [0.15, 0.2) is 0 Å². The standard InChI is InChI=1S/C22H25/c1-14(2)19-9-7-8-17-13-20(15(3)21(17)19)16-10-11-18(12-16)22(4,5)6/h7-11H,12H2,1-6H3. The van der Waals surface area contributed by atoms with E-state index in [0.29, 0.717) is 0 Å². The maximum atomic E-state index is 3.66. The summed E-state index contributed by atoms with van der Waals surface area (Å²) in [5, 5.41) is 2.74. The lowest BCUT2D eigenvalue weighted by atomic mass is 9.84. The van der Waals surface area contributed by atoms with Crippen LogP contribution in [0.15, 0.2) is 47.1 Å². The molecule has 0 bridgehead atoms. The highest BCUT2D eigenvalue weighted by molar-refractivity contribution is 5.76. The molecule has 22 heavy (non-hydrogen) atoms. The molecule has 0 nitrogen and oxygen atoms in total. The molecule has 1 aromatic rings. The van der Waals surface area contributed by atoms with Crippen molar-refractivity contribution in [1.82, 2.24) is 0 Å². The van der Waals surface area contributed by atoms with Crippen LogP contribution >= 0.6 is 0 Å². The molecule has 0 aliphatic heterocycles. The maximum absolute atomic E-state index is 3.66. The molecule has 0 saturated carbocycles. The average Bonchev–Trinajstić information content (AvgIpc) is 3.03. The molecule has 0 heterocycles. The van der Waals surface area contributed by atoms with E-state index in [1.165, 1.54) is 43.9 Å². The molecule has 0 aromatic heterocycles. The second kappa shape index (κ2) is 5.12. The minimum absolute atomic E-state index is 0.247. The Morgan fingerprint density at radius 2 is 1.82 bits per heavy atom. The Morgan fingerprint density at radius 1 is 1.09 bits per heavy atom. The van der Waals surface area contributed by atoms with Gasteiger partial charge in [-0.2, -0.15) is 0 Å². The Morgan fingerprint density at radius 3 is 2.41 bits per heavy atom. The summed E-state index contributed by atoms with van der Waals surface area (Å²) >= 11 is 0. The molecule has 2 aliphatic carbocycles. The molecule has 1 radical (unpaired) electrons. The van der Waals surface area contributed by atoms with Gasteiger partial charge in [-0.3, -0.25) is 0 Å². The molecule has 1 aromatic carbocycles. The maximum Gasteiger partial charge on any atom is -0.00143 e. The first-order valence-corrected chi connectivity index (χ1v) is 8.11. The highest BCUT2D eigenvalue weighted by Crippen LogP contribution is 2.39. The van der Waals surface area contributed by atoms with Crippen molar-refractivity contribution in [3.8, 4) is 0 Å². The summed E-state index contributed by atoms with van der Waals surface area (Å²) in [6.07, 6.45) is 9.31. The van der Waals surface area contributed by atoms with Crippen molar-refractivity contribution in [2.75, 3.05) is 0 Å². The normalized spacial score (nSPS) is 17.2. The summed E-state index contributed by atoms with van der Waals surface area (Å²) < 4.78 is 0. The molecule has 0 N–H and O–H groups in total. The zero-order valence-corrected chi connectivity index (χ0v) is 14.6. The van der Waals surface area contributed by atoms with Crippen molar-refractivity contribution in [2.24, 2.45) is 5.41 Å². The SMILES string of the molecule is CC(C)=c1cccc2c1=C(C)C(C1=CC=C(C(C)(C)C)C1)=[C]2. The third kappa shape index (κ3) is 2.41. The molecular weight excluding hydrogens is 264 g/mol. The molecule has 0 saturated heterocycles. The number of hydrogen-bond acceptors (Lipinski definition) is 0. The van der Waals surface area contributed by atoms with Gasteiger partial charge in [-0.1, -0.05) is 62.3 Å². The van der Waals surface area contributed by atoms with E-state index < -0.39 is 0 Å². The van der Waals surface area contributed by atoms with Crippen LogP contribution in [0.5, 0.6) is 0 Å². The second-order valence-corrected chi connectivity index (χ2v) is 7.66. The van der Waals surface area contributed by atoms with Crippen LogP contribution in [0.25, 0.3) is 11.1 Å². The summed E-state index contributed by atoms with van der Waals surface area (Å²) in [6.45, 7) is 13.5. The Balaban J connectivity index is 2.05. The van der Waals surface area contributed by atoms with E-state index in [0.717, 1.165) is 6.42 Å². The van der Waals surface area contributed by atoms with Gasteiger partial charge in [0.05, 0.1) is 0 Å². The van der Waals surface area contributed by atoms with Gasteiger partial charge in [0, 0.05) is 0 Å². The lowest BCUT2D eigenvalue weighted by molar-refractivity contribution is 0.495. The number of benzene rings is 1. The van der Waals surface area contributed by atoms with Crippen LogP contribution in [-0.4, -0.2) is 0 Å². The molecule has 0 atom stereocenters. The molecule has 0 heteroatoms. The van der Waals surface area contributed by atoms with Crippen LogP contribution in [0.4, 0.5) is 0 Å². The molecule has 2 aliphatic rings. The van der Waals surface area contributed by atoms with Crippen LogP contribution in [0.3, 0.4) is 0 Å². The quantitative estimate of drug-likeness (QED) is 0.717. The van der Waals surface area contributed by atoms with E-state index in [-0.39, 0.29) is 5.41 Å². The largest absolute Gasteiger partial charge is 0.0686 e. The van der Waals surface area contributed by atoms with Crippen molar-refractivity contribution in [2.45, 2.75) is 48.0 Å². The third-order valence-electron chi connectivity index (χ3n) is 4.76. The lowest BCUT2D eigenvalue weighted by Crippen LogP contribution is -2.28. The second-order valence-electron chi connectivity index (χ2n) is 7.66. The van der Waals surface area contributed by atoms with E-state index in [1.807, 2.05) is 0 Å². The highest BCUT2D eigenvalue weighted by atomic mass is 14.3. The van der Waals surface area contributed by atoms with Crippen LogP contribution in [0, 0.1) is 11.5 Å². The lowest BCUT2D eigenvalue weighted by Gasteiger charge is -2.21. The number of hydrogen-bond donors (Lipinski definition) is 0. The van der Waals surface area contributed by atoms with Crippen molar-refractivity contribution >= 4 is 11.1 Å². The fourth-order valence-electron chi connectivity index (χ4n) is 3.36. The van der Waals surface area contributed by atoms with Crippen molar-refractivity contribution in [1.29, 1.82) is 0 Å². The fourth-order valence-corrected chi connectivity index (χ4v) is 3.36. The number of fused-ring (bicyclic) bond motifs is 1. The van der Waals surface area contributed by atoms with Crippen molar-refractivity contribution in [3.63, 3.8) is 0 Å². The first-order valence-electron chi connectivity index (χ1n) is 8.11. The van der Waals surface area contributed by atoms with E-state index in [2.05, 4.69) is 78.0 Å². The minimum Gasteiger partial charge on any atom is -0.0686 e. The predicted octanol–water partition coefficient (Wildman–Crippen LogP) is 4.44. The third-order valence-corrected chi connectivity index (χ3v) is 4.76. The molecule has 0 unspecified atom stereocenters. The fraction of sp³-hybridized carbons (Fsp3) is 0.364. The van der Waals surface area contributed by atoms with Gasteiger partial charge in [0.1, 0.15) is 0 Å². The first-order chi connectivity index (χ1) is 10.3. The summed E-state index contributed by atoms with van der Waals surface area (Å²) in [7, 11) is 0. The summed E-state index contributed by atoms with van der Waals surface area (Å²) in [6, 6.07) is 6.56. The monoisotopic (exact) mass is 289 g/mol. The topological polar surface area (TPSA) is 0 Å². The summed E-state index contributed by atoms with van der Waals surface area (Å²) in [4.78, 5) is 0. The zero-order valence-electron chi connectivity index (χ0n) is 14.6. The first kappa shape index (κ1) is 15.1. The van der Waals surface area contributed by atoms with Crippen molar-refractivity contribution in [3.05, 3.63) is 69.1 Å². The molecular formula is C22H25. The number of rotatable bonds is 1. The average molecular weight is 289 g/mol. The summed E-state index contributed by atoms with van der Waals surface area (Å²) in [5.41, 5.74) is 8.47. The smallest absolute Gasteiger partial charge is 0.00143 e. The van der Waals surface area contributed by atoms with Gasteiger partial charge >= 0.3 is 0 Å². The predicted molar refractivity (Wildman–Crippen MR) is 95.6 cm³/mol. The van der Waals surface area contributed by atoms with Gasteiger partial charge < -0.3 is 0 Å². The van der Waals surface area contributed by atoms with Crippen LogP contribution in [0.2, 0.25) is 0 Å². The molecule has 113 valence electrons. The zero-order chi connectivity index (χ0) is 16.1. The Kier molecular flexibility index (Phi) is 3.51. The molecule has 0 amide bonds. The highest BCUT2D eigenvalue weighted by Gasteiger charge is 2.24. The van der Waals surface area contributed by atoms with Crippen LogP contribution < -0.4 is 10.4 Å². The van der Waals surface area contributed by atoms with Crippen molar-refractivity contribution < 1.29 is 0 Å². The number of allylic oxidation sites excluding steroid dienone is 5. The van der Waals surface area contributed by atoms with Gasteiger partial charge in [-0.05, 0) is 71.4 Å². The Hall–Kier alpha value is -1.82. The molecule has 0 spiro atoms. The summed E-state index contributed by atoms with van der Waals surface area (Å²) in [5.74, 6) is 0. The molecule has 0 fully saturated rings. The van der Waals surface area contributed by atoms with Crippen LogP contribution in [0.1, 0.15) is 53.5 Å². The van der Waals surface area contributed by atoms with E-state index in [1.54, 1.807) is 0 Å². The van der Waals surface area contributed by atoms with Gasteiger partial charge in [-0.15, -0.1) is 0 Å². The molecule has 3 rings (SSSR count). The van der Waals surface area contributed by atoms with Gasteiger partial charge in [0.2, 0.25) is 0 Å². The Labute approximate surface area is 134 Å². The van der Waals surface area contributed by atoms with Crippen LogP contribution in [-0.2, 0) is 0 Å². The Bertz CT molecular complexity index is 842. The van der Waals surface area contributed by atoms with E-state index >= 15 is 0 Å². The van der Waals surface area contributed by atoms with Gasteiger partial charge in [0.25, 0.3) is 0 Å².